The highest BCUT2D eigenvalue weighted by Crippen LogP contribution is 2.22. The van der Waals surface area contributed by atoms with Crippen LogP contribution in [0, 0.1) is 17.0 Å². The van der Waals surface area contributed by atoms with Gasteiger partial charge in [0.15, 0.2) is 0 Å². The summed E-state index contributed by atoms with van der Waals surface area (Å²) < 4.78 is 31.7. The number of non-ortho nitro benzene ring substituents is 1. The summed E-state index contributed by atoms with van der Waals surface area (Å²) in [5, 5.41) is 10.9. The Balaban J connectivity index is 1.57. The number of sulfonamides is 1. The van der Waals surface area contributed by atoms with Crippen LogP contribution in [0.25, 0.3) is 0 Å². The Hall–Kier alpha value is -3.45. The Morgan fingerprint density at radius 3 is 2.43 bits per heavy atom. The normalized spacial score (nSPS) is 14.9. The van der Waals surface area contributed by atoms with E-state index in [0.717, 1.165) is 10.4 Å². The van der Waals surface area contributed by atoms with Crippen molar-refractivity contribution < 1.29 is 27.3 Å². The average molecular weight is 437 g/mol. The molecule has 1 aliphatic heterocycles. The second-order valence-corrected chi connectivity index (χ2v) is 8.36. The van der Waals surface area contributed by atoms with Crippen molar-refractivity contribution in [2.75, 3.05) is 26.2 Å². The zero-order valence-corrected chi connectivity index (χ0v) is 16.7. The molecule has 160 valence electrons. The second kappa shape index (κ2) is 8.51. The summed E-state index contributed by atoms with van der Waals surface area (Å²) in [7, 11) is -3.94. The summed E-state index contributed by atoms with van der Waals surface area (Å²) in [6.45, 7) is 1.79. The van der Waals surface area contributed by atoms with E-state index in [9.17, 15) is 28.1 Å². The van der Waals surface area contributed by atoms with Gasteiger partial charge in [0.25, 0.3) is 11.6 Å². The molecule has 3 amide bonds. The fraction of sp³-hybridized carbons (Fsp3) is 0.294. The number of furan rings is 1. The molecule has 0 radical (unpaired) electrons. The van der Waals surface area contributed by atoms with Gasteiger partial charge in [-0.05, 0) is 19.1 Å². The lowest BCUT2D eigenvalue weighted by molar-refractivity contribution is -0.385. The largest absolute Gasteiger partial charge is 0.469 e. The average Bonchev–Trinajstić information content (AvgIpc) is 3.18. The molecule has 1 saturated heterocycles. The molecule has 13 heteroatoms. The van der Waals surface area contributed by atoms with E-state index in [0.29, 0.717) is 5.76 Å². The maximum absolute atomic E-state index is 12.7. The van der Waals surface area contributed by atoms with Crippen LogP contribution in [0.15, 0.2) is 45.9 Å². The Kier molecular flexibility index (Phi) is 6.03. The lowest BCUT2D eigenvalue weighted by atomic mass is 10.2. The zero-order valence-electron chi connectivity index (χ0n) is 15.9. The van der Waals surface area contributed by atoms with Crippen molar-refractivity contribution in [1.29, 1.82) is 0 Å². The molecule has 0 atom stereocenters. The predicted molar refractivity (Wildman–Crippen MR) is 103 cm³/mol. The van der Waals surface area contributed by atoms with Crippen LogP contribution in [0.1, 0.15) is 16.1 Å². The van der Waals surface area contributed by atoms with E-state index in [2.05, 4.69) is 10.9 Å². The molecule has 3 rings (SSSR count). The number of hydrogen-bond donors (Lipinski definition) is 2. The van der Waals surface area contributed by atoms with E-state index in [1.165, 1.54) is 35.4 Å². The molecule has 30 heavy (non-hydrogen) atoms. The highest BCUT2D eigenvalue weighted by Gasteiger charge is 2.31. The van der Waals surface area contributed by atoms with Crippen LogP contribution >= 0.6 is 0 Å². The van der Waals surface area contributed by atoms with Gasteiger partial charge in [0.2, 0.25) is 10.0 Å². The molecule has 0 unspecified atom stereocenters. The molecule has 1 aromatic carbocycles. The van der Waals surface area contributed by atoms with Gasteiger partial charge in [-0.15, -0.1) is 0 Å². The van der Waals surface area contributed by atoms with Crippen molar-refractivity contribution in [1.82, 2.24) is 20.1 Å². The van der Waals surface area contributed by atoms with E-state index in [1.54, 1.807) is 6.92 Å². The number of rotatable bonds is 4. The monoisotopic (exact) mass is 437 g/mol. The smallest absolute Gasteiger partial charge is 0.336 e. The highest BCUT2D eigenvalue weighted by molar-refractivity contribution is 7.89. The van der Waals surface area contributed by atoms with Crippen molar-refractivity contribution in [3.63, 3.8) is 0 Å². The topological polar surface area (TPSA) is 155 Å². The lowest BCUT2D eigenvalue weighted by Gasteiger charge is -2.33. The molecule has 0 saturated carbocycles. The summed E-state index contributed by atoms with van der Waals surface area (Å²) in [5.74, 6) is -0.136. The number of carbonyl (C=O) groups excluding carboxylic acids is 2. The van der Waals surface area contributed by atoms with Crippen LogP contribution in [0.2, 0.25) is 0 Å². The van der Waals surface area contributed by atoms with Crippen molar-refractivity contribution in [2.45, 2.75) is 11.8 Å². The first-order valence-electron chi connectivity index (χ1n) is 8.84. The van der Waals surface area contributed by atoms with E-state index < -0.39 is 26.9 Å². The number of benzene rings is 1. The van der Waals surface area contributed by atoms with Crippen LogP contribution in [0.4, 0.5) is 10.5 Å². The number of urea groups is 1. The molecule has 0 bridgehead atoms. The van der Waals surface area contributed by atoms with E-state index >= 15 is 0 Å². The first-order chi connectivity index (χ1) is 14.2. The highest BCUT2D eigenvalue weighted by atomic mass is 32.2. The SMILES string of the molecule is Cc1occc1C(=O)NNC(=O)N1CCN(S(=O)(=O)c2cccc([N+](=O)[O-])c2)CC1. The van der Waals surface area contributed by atoms with Crippen LogP contribution in [0.5, 0.6) is 0 Å². The van der Waals surface area contributed by atoms with E-state index in [1.807, 2.05) is 0 Å². The molecule has 2 aromatic rings. The second-order valence-electron chi connectivity index (χ2n) is 6.42. The van der Waals surface area contributed by atoms with Gasteiger partial charge in [0.1, 0.15) is 5.76 Å². The number of carbonyl (C=O) groups is 2. The molecule has 1 fully saturated rings. The van der Waals surface area contributed by atoms with Gasteiger partial charge in [-0.1, -0.05) is 6.07 Å². The van der Waals surface area contributed by atoms with Crippen LogP contribution in [0.3, 0.4) is 0 Å². The van der Waals surface area contributed by atoms with Crippen molar-refractivity contribution in [3.8, 4) is 0 Å². The van der Waals surface area contributed by atoms with Crippen LogP contribution in [-0.2, 0) is 10.0 Å². The third kappa shape index (κ3) is 4.41. The number of piperazine rings is 1. The van der Waals surface area contributed by atoms with Crippen molar-refractivity contribution in [3.05, 3.63) is 58.0 Å². The minimum Gasteiger partial charge on any atom is -0.469 e. The minimum absolute atomic E-state index is 0.00717. The van der Waals surface area contributed by atoms with E-state index in [4.69, 9.17) is 4.42 Å². The number of nitro groups is 1. The lowest BCUT2D eigenvalue weighted by Crippen LogP contribution is -2.56. The number of hydrazine groups is 1. The van der Waals surface area contributed by atoms with Gasteiger partial charge < -0.3 is 9.32 Å². The molecular weight excluding hydrogens is 418 g/mol. The first-order valence-corrected chi connectivity index (χ1v) is 10.3. The van der Waals surface area contributed by atoms with Crippen molar-refractivity contribution in [2.24, 2.45) is 0 Å². The standard InChI is InChI=1S/C17H19N5O7S/c1-12-15(5-10-29-12)16(23)18-19-17(24)20-6-8-21(9-7-20)30(27,28)14-4-2-3-13(11-14)22(25)26/h2-5,10-11H,6-9H2,1H3,(H,18,23)(H,19,24). The maximum Gasteiger partial charge on any atom is 0.336 e. The van der Waals surface area contributed by atoms with Gasteiger partial charge in [0, 0.05) is 38.3 Å². The van der Waals surface area contributed by atoms with Crippen LogP contribution in [-0.4, -0.2) is 60.7 Å². The quantitative estimate of drug-likeness (QED) is 0.531. The first kappa shape index (κ1) is 21.3. The van der Waals surface area contributed by atoms with Gasteiger partial charge in [-0.3, -0.25) is 20.3 Å². The molecule has 1 aliphatic rings. The third-order valence-electron chi connectivity index (χ3n) is 4.58. The maximum atomic E-state index is 12.7. The minimum atomic E-state index is -3.94. The van der Waals surface area contributed by atoms with Gasteiger partial charge in [0.05, 0.1) is 21.6 Å². The van der Waals surface area contributed by atoms with E-state index in [-0.39, 0.29) is 42.3 Å². The number of nitrogens with one attached hydrogen (secondary N) is 2. The number of aryl methyl sites for hydroxylation is 1. The molecule has 2 heterocycles. The Bertz CT molecular complexity index is 1070. The number of hydrogen-bond acceptors (Lipinski definition) is 7. The van der Waals surface area contributed by atoms with Crippen molar-refractivity contribution >= 4 is 27.6 Å². The fourth-order valence-corrected chi connectivity index (χ4v) is 4.38. The molecule has 0 aliphatic carbocycles. The number of nitro benzene ring substituents is 1. The molecular formula is C17H19N5O7S. The summed E-state index contributed by atoms with van der Waals surface area (Å²) >= 11 is 0. The summed E-state index contributed by atoms with van der Waals surface area (Å²) in [5.41, 5.74) is 4.51. The zero-order chi connectivity index (χ0) is 21.9. The third-order valence-corrected chi connectivity index (χ3v) is 6.47. The van der Waals surface area contributed by atoms with Gasteiger partial charge in [-0.2, -0.15) is 4.31 Å². The number of nitrogens with zero attached hydrogens (tertiary/aromatic N) is 3. The number of amides is 3. The van der Waals surface area contributed by atoms with Gasteiger partial charge in [-0.25, -0.2) is 18.6 Å². The molecule has 2 N–H and O–H groups in total. The summed E-state index contributed by atoms with van der Waals surface area (Å²) in [6.07, 6.45) is 1.35. The van der Waals surface area contributed by atoms with Crippen LogP contribution < -0.4 is 10.9 Å². The summed E-state index contributed by atoms with van der Waals surface area (Å²) in [6, 6.07) is 5.68. The molecule has 1 aromatic heterocycles. The summed E-state index contributed by atoms with van der Waals surface area (Å²) in [4.78, 5) is 35.6. The Labute approximate surface area is 171 Å². The molecule has 0 spiro atoms. The van der Waals surface area contributed by atoms with Gasteiger partial charge >= 0.3 is 6.03 Å². The molecule has 12 nitrogen and oxygen atoms in total. The fourth-order valence-electron chi connectivity index (χ4n) is 2.92. The predicted octanol–water partition coefficient (Wildman–Crippen LogP) is 0.857. The Morgan fingerprint density at radius 2 is 1.83 bits per heavy atom. The Morgan fingerprint density at radius 1 is 1.13 bits per heavy atom.